The zero-order chi connectivity index (χ0) is 19.9. The number of nitriles is 1. The maximum atomic E-state index is 13.1. The van der Waals surface area contributed by atoms with Crippen LogP contribution in [0.2, 0.25) is 5.02 Å². The Hall–Kier alpha value is -3.05. The van der Waals surface area contributed by atoms with Gasteiger partial charge in [0.05, 0.1) is 35.3 Å². The summed E-state index contributed by atoms with van der Waals surface area (Å²) in [7, 11) is 0. The van der Waals surface area contributed by atoms with Gasteiger partial charge in [-0.05, 0) is 35.4 Å². The van der Waals surface area contributed by atoms with Gasteiger partial charge in [0, 0.05) is 29.9 Å². The second-order valence-electron chi connectivity index (χ2n) is 6.39. The molecule has 1 atom stereocenters. The first-order chi connectivity index (χ1) is 13.4. The summed E-state index contributed by atoms with van der Waals surface area (Å²) in [6, 6.07) is 7.54. The number of halogens is 4. The minimum absolute atomic E-state index is 0.0839. The van der Waals surface area contributed by atoms with Crippen molar-refractivity contribution >= 4 is 34.5 Å². The molecule has 9 heteroatoms. The Labute approximate surface area is 163 Å². The Morgan fingerprint density at radius 3 is 2.89 bits per heavy atom. The normalized spacial score (nSPS) is 16.7. The Morgan fingerprint density at radius 2 is 2.14 bits per heavy atom. The van der Waals surface area contributed by atoms with Gasteiger partial charge in [-0.1, -0.05) is 11.6 Å². The summed E-state index contributed by atoms with van der Waals surface area (Å²) in [5.41, 5.74) is 1.40. The van der Waals surface area contributed by atoms with Crippen LogP contribution in [0.3, 0.4) is 0 Å². The number of hydrogen-bond donors (Lipinski definition) is 1. The molecule has 0 saturated carbocycles. The number of anilines is 1. The number of hydrogen-bond acceptors (Lipinski definition) is 4. The van der Waals surface area contributed by atoms with Crippen molar-refractivity contribution in [3.8, 4) is 6.07 Å². The first-order valence-corrected chi connectivity index (χ1v) is 8.76. The summed E-state index contributed by atoms with van der Waals surface area (Å²) in [5, 5.41) is 15.8. The van der Waals surface area contributed by atoms with Gasteiger partial charge in [-0.15, -0.1) is 0 Å². The number of aromatic nitrogens is 2. The van der Waals surface area contributed by atoms with Crippen molar-refractivity contribution in [2.75, 3.05) is 11.6 Å². The number of H-pyrrole nitrogens is 1. The molecule has 0 bridgehead atoms. The molecular weight excluding hydrogens is 391 g/mol. The standard InChI is InChI=1S/C19H13ClF3N5/c20-16-8-13(19(21,22)23)7-11(1-4-24)17(16)28-10-12(9-27-28)14-2-5-25-18-15(14)3-6-26-18/h2-3,5-9,12H,1,10H2,(H,25,26). The first kappa shape index (κ1) is 18.3. The van der Waals surface area contributed by atoms with Gasteiger partial charge in [0.1, 0.15) is 5.65 Å². The van der Waals surface area contributed by atoms with Crippen molar-refractivity contribution in [3.63, 3.8) is 0 Å². The van der Waals surface area contributed by atoms with E-state index in [0.717, 1.165) is 28.7 Å². The number of pyridine rings is 1. The van der Waals surface area contributed by atoms with Crippen LogP contribution in [0.1, 0.15) is 22.6 Å². The minimum atomic E-state index is -4.54. The number of rotatable bonds is 3. The Kier molecular flexibility index (Phi) is 4.47. The minimum Gasteiger partial charge on any atom is -0.346 e. The predicted molar refractivity (Wildman–Crippen MR) is 100 cm³/mol. The van der Waals surface area contributed by atoms with Gasteiger partial charge in [-0.25, -0.2) is 4.98 Å². The summed E-state index contributed by atoms with van der Waals surface area (Å²) in [6.45, 7) is 0.397. The fourth-order valence-electron chi connectivity index (χ4n) is 3.40. The van der Waals surface area contributed by atoms with Gasteiger partial charge in [-0.2, -0.15) is 23.5 Å². The van der Waals surface area contributed by atoms with Crippen LogP contribution in [0.4, 0.5) is 18.9 Å². The summed E-state index contributed by atoms with van der Waals surface area (Å²) in [4.78, 5) is 7.31. The molecule has 0 fully saturated rings. The molecule has 3 heterocycles. The van der Waals surface area contributed by atoms with Crippen LogP contribution in [0, 0.1) is 11.3 Å². The van der Waals surface area contributed by atoms with Crippen LogP contribution in [-0.2, 0) is 12.6 Å². The average molecular weight is 404 g/mol. The molecule has 4 rings (SSSR count). The highest BCUT2D eigenvalue weighted by molar-refractivity contribution is 6.33. The Bertz CT molecular complexity index is 1110. The maximum absolute atomic E-state index is 13.1. The molecule has 2 aromatic heterocycles. The number of alkyl halides is 3. The van der Waals surface area contributed by atoms with Crippen molar-refractivity contribution in [1.29, 1.82) is 5.26 Å². The lowest BCUT2D eigenvalue weighted by Gasteiger charge is -2.22. The second-order valence-corrected chi connectivity index (χ2v) is 6.80. The van der Waals surface area contributed by atoms with Gasteiger partial charge in [0.2, 0.25) is 0 Å². The molecule has 0 amide bonds. The van der Waals surface area contributed by atoms with E-state index in [1.165, 1.54) is 0 Å². The molecular formula is C19H13ClF3N5. The van der Waals surface area contributed by atoms with Crippen LogP contribution < -0.4 is 5.01 Å². The predicted octanol–water partition coefficient (Wildman–Crippen LogP) is 4.89. The SMILES string of the molecule is N#CCc1cc(C(F)(F)F)cc(Cl)c1N1CC(c2ccnc3[nH]ccc23)C=N1. The molecule has 28 heavy (non-hydrogen) atoms. The summed E-state index contributed by atoms with van der Waals surface area (Å²) in [6.07, 6.45) is 0.471. The molecule has 0 aliphatic carbocycles. The van der Waals surface area contributed by atoms with E-state index in [1.54, 1.807) is 23.6 Å². The number of fused-ring (bicyclic) bond motifs is 1. The van der Waals surface area contributed by atoms with E-state index in [-0.39, 0.29) is 22.9 Å². The lowest BCUT2D eigenvalue weighted by atomic mass is 9.98. The highest BCUT2D eigenvalue weighted by Crippen LogP contribution is 2.40. The third-order valence-corrected chi connectivity index (χ3v) is 4.93. The third-order valence-electron chi connectivity index (χ3n) is 4.65. The van der Waals surface area contributed by atoms with Crippen molar-refractivity contribution in [2.24, 2.45) is 5.10 Å². The lowest BCUT2D eigenvalue weighted by molar-refractivity contribution is -0.137. The van der Waals surface area contributed by atoms with Gasteiger partial charge in [0.15, 0.2) is 0 Å². The zero-order valence-electron chi connectivity index (χ0n) is 14.3. The summed E-state index contributed by atoms with van der Waals surface area (Å²) < 4.78 is 39.3. The molecule has 1 aliphatic rings. The highest BCUT2D eigenvalue weighted by Gasteiger charge is 2.33. The molecule has 1 aromatic carbocycles. The molecule has 3 aromatic rings. The molecule has 0 saturated heterocycles. The topological polar surface area (TPSA) is 68.1 Å². The van der Waals surface area contributed by atoms with Gasteiger partial charge in [0.25, 0.3) is 0 Å². The quantitative estimate of drug-likeness (QED) is 0.677. The van der Waals surface area contributed by atoms with E-state index in [1.807, 2.05) is 18.2 Å². The lowest BCUT2D eigenvalue weighted by Crippen LogP contribution is -2.19. The number of aromatic amines is 1. The molecule has 1 N–H and O–H groups in total. The Balaban J connectivity index is 1.70. The molecule has 0 radical (unpaired) electrons. The summed E-state index contributed by atoms with van der Waals surface area (Å²) >= 11 is 6.19. The van der Waals surface area contributed by atoms with Crippen LogP contribution in [0.25, 0.3) is 11.0 Å². The molecule has 1 aliphatic heterocycles. The monoisotopic (exact) mass is 403 g/mol. The number of nitrogens with one attached hydrogen (secondary N) is 1. The fourth-order valence-corrected chi connectivity index (χ4v) is 3.74. The highest BCUT2D eigenvalue weighted by atomic mass is 35.5. The van der Waals surface area contributed by atoms with Gasteiger partial charge >= 0.3 is 6.18 Å². The van der Waals surface area contributed by atoms with Crippen LogP contribution in [0.5, 0.6) is 0 Å². The fraction of sp³-hybridized carbons (Fsp3) is 0.211. The Morgan fingerprint density at radius 1 is 1.32 bits per heavy atom. The summed E-state index contributed by atoms with van der Waals surface area (Å²) in [5.74, 6) is -0.0883. The van der Waals surface area contributed by atoms with Crippen molar-refractivity contribution in [2.45, 2.75) is 18.5 Å². The number of nitrogens with zero attached hydrogens (tertiary/aromatic N) is 4. The van der Waals surface area contributed by atoms with Gasteiger partial charge < -0.3 is 4.98 Å². The second kappa shape index (κ2) is 6.84. The first-order valence-electron chi connectivity index (χ1n) is 8.38. The molecule has 0 spiro atoms. The van der Waals surface area contributed by atoms with E-state index in [9.17, 15) is 13.2 Å². The van der Waals surface area contributed by atoms with E-state index in [4.69, 9.17) is 16.9 Å². The van der Waals surface area contributed by atoms with Gasteiger partial charge in [-0.3, -0.25) is 5.01 Å². The van der Waals surface area contributed by atoms with Crippen LogP contribution >= 0.6 is 11.6 Å². The smallest absolute Gasteiger partial charge is 0.346 e. The molecule has 142 valence electrons. The average Bonchev–Trinajstić information content (AvgIpc) is 3.30. The zero-order valence-corrected chi connectivity index (χ0v) is 15.1. The number of hydrazone groups is 1. The molecule has 5 nitrogen and oxygen atoms in total. The van der Waals surface area contributed by atoms with Crippen molar-refractivity contribution < 1.29 is 13.2 Å². The van der Waals surface area contributed by atoms with Crippen LogP contribution in [0.15, 0.2) is 41.8 Å². The number of benzene rings is 1. The third kappa shape index (κ3) is 3.18. The van der Waals surface area contributed by atoms with E-state index < -0.39 is 11.7 Å². The van der Waals surface area contributed by atoms with Crippen LogP contribution in [-0.4, -0.2) is 22.7 Å². The largest absolute Gasteiger partial charge is 0.416 e. The van der Waals surface area contributed by atoms with E-state index in [2.05, 4.69) is 15.1 Å². The van der Waals surface area contributed by atoms with E-state index >= 15 is 0 Å². The maximum Gasteiger partial charge on any atom is 0.416 e. The van der Waals surface area contributed by atoms with E-state index in [0.29, 0.717) is 12.2 Å². The van der Waals surface area contributed by atoms with Crippen molar-refractivity contribution in [1.82, 2.24) is 9.97 Å². The molecule has 1 unspecified atom stereocenters. The van der Waals surface area contributed by atoms with Crippen molar-refractivity contribution in [3.05, 3.63) is 58.4 Å².